The summed E-state index contributed by atoms with van der Waals surface area (Å²) in [6, 6.07) is 2.66. The van der Waals surface area contributed by atoms with E-state index in [1.165, 1.54) is 29.2 Å². The first-order chi connectivity index (χ1) is 12.4. The van der Waals surface area contributed by atoms with Crippen molar-refractivity contribution in [3.63, 3.8) is 0 Å². The van der Waals surface area contributed by atoms with Gasteiger partial charge in [-0.15, -0.1) is 11.3 Å². The van der Waals surface area contributed by atoms with Crippen LogP contribution in [0, 0.1) is 11.6 Å². The summed E-state index contributed by atoms with van der Waals surface area (Å²) < 4.78 is 32.2. The first-order valence-electron chi connectivity index (χ1n) is 7.86. The summed E-state index contributed by atoms with van der Waals surface area (Å²) in [4.78, 5) is 27.7. The van der Waals surface area contributed by atoms with Crippen LogP contribution in [-0.4, -0.2) is 29.2 Å². The Kier molecular flexibility index (Phi) is 7.52. The molecule has 5 nitrogen and oxygen atoms in total. The molecule has 1 amide bonds. The topological polar surface area (TPSA) is 68.3 Å². The van der Waals surface area contributed by atoms with E-state index in [2.05, 4.69) is 10.3 Å². The molecule has 1 N–H and O–H groups in total. The maximum Gasteiger partial charge on any atom is 0.311 e. The molecule has 0 bridgehead atoms. The van der Waals surface area contributed by atoms with E-state index in [1.54, 1.807) is 19.2 Å². The Bertz CT molecular complexity index is 783. The lowest BCUT2D eigenvalue weighted by Crippen LogP contribution is -2.28. The molecular formula is C17H18F2N2O3S2. The zero-order chi connectivity index (χ0) is 19.1. The van der Waals surface area contributed by atoms with E-state index in [0.717, 1.165) is 12.1 Å². The van der Waals surface area contributed by atoms with Crippen LogP contribution in [0.3, 0.4) is 0 Å². The average molecular weight is 400 g/mol. The summed E-state index contributed by atoms with van der Waals surface area (Å²) in [6.45, 7) is 3.68. The molecule has 2 aromatic rings. The van der Waals surface area contributed by atoms with Gasteiger partial charge in [-0.05, 0) is 19.9 Å². The van der Waals surface area contributed by atoms with E-state index >= 15 is 0 Å². The monoisotopic (exact) mass is 400 g/mol. The Morgan fingerprint density at radius 2 is 2.15 bits per heavy atom. The number of carbonyl (C=O) groups is 2. The fraction of sp³-hybridized carbons (Fsp3) is 0.353. The predicted molar refractivity (Wildman–Crippen MR) is 96.1 cm³/mol. The average Bonchev–Trinajstić information content (AvgIpc) is 3.00. The second-order valence-electron chi connectivity index (χ2n) is 5.33. The van der Waals surface area contributed by atoms with Gasteiger partial charge in [-0.1, -0.05) is 17.8 Å². The Morgan fingerprint density at radius 3 is 2.85 bits per heavy atom. The Balaban J connectivity index is 1.83. The molecule has 0 fully saturated rings. The third-order valence-electron chi connectivity index (χ3n) is 3.29. The highest BCUT2D eigenvalue weighted by molar-refractivity contribution is 8.01. The highest BCUT2D eigenvalue weighted by Crippen LogP contribution is 2.23. The summed E-state index contributed by atoms with van der Waals surface area (Å²) in [5.74, 6) is -1.91. The quantitative estimate of drug-likeness (QED) is 0.543. The highest BCUT2D eigenvalue weighted by atomic mass is 32.2. The molecule has 0 radical (unpaired) electrons. The predicted octanol–water partition coefficient (Wildman–Crippen LogP) is 3.50. The van der Waals surface area contributed by atoms with Gasteiger partial charge in [0.1, 0.15) is 11.6 Å². The van der Waals surface area contributed by atoms with Crippen molar-refractivity contribution in [3.8, 4) is 0 Å². The van der Waals surface area contributed by atoms with Crippen LogP contribution in [0.4, 0.5) is 8.78 Å². The van der Waals surface area contributed by atoms with Gasteiger partial charge in [0.2, 0.25) is 5.91 Å². The lowest BCUT2D eigenvalue weighted by Gasteiger charge is -2.14. The van der Waals surface area contributed by atoms with Crippen LogP contribution in [0.2, 0.25) is 0 Å². The number of thioether (sulfide) groups is 1. The fourth-order valence-corrected chi connectivity index (χ4v) is 3.79. The smallest absolute Gasteiger partial charge is 0.311 e. The van der Waals surface area contributed by atoms with E-state index in [4.69, 9.17) is 4.74 Å². The van der Waals surface area contributed by atoms with Crippen molar-refractivity contribution in [3.05, 3.63) is 46.5 Å². The van der Waals surface area contributed by atoms with Crippen LogP contribution < -0.4 is 5.32 Å². The summed E-state index contributed by atoms with van der Waals surface area (Å²) >= 11 is 2.56. The first-order valence-corrected chi connectivity index (χ1v) is 9.72. The molecule has 0 aliphatic heterocycles. The van der Waals surface area contributed by atoms with Gasteiger partial charge >= 0.3 is 5.97 Å². The summed E-state index contributed by atoms with van der Waals surface area (Å²) in [7, 11) is 0. The minimum Gasteiger partial charge on any atom is -0.466 e. The number of ether oxygens (including phenoxy) is 1. The molecule has 0 unspecified atom stereocenters. The molecule has 9 heteroatoms. The Labute approximate surface area is 158 Å². The van der Waals surface area contributed by atoms with Crippen LogP contribution in [0.15, 0.2) is 27.9 Å². The Morgan fingerprint density at radius 1 is 1.38 bits per heavy atom. The first kappa shape index (κ1) is 20.3. The number of aromatic nitrogens is 1. The van der Waals surface area contributed by atoms with Crippen LogP contribution in [-0.2, 0) is 20.7 Å². The van der Waals surface area contributed by atoms with E-state index < -0.39 is 17.7 Å². The maximum absolute atomic E-state index is 13.7. The number of esters is 1. The number of nitrogens with one attached hydrogen (secondary N) is 1. The molecule has 0 aliphatic rings. The molecular weight excluding hydrogens is 382 g/mol. The molecule has 1 aromatic carbocycles. The standard InChI is InChI=1S/C17H18F2N2O3S2/c1-3-24-16(23)7-12-8-25-17(21-12)26-9-15(22)20-10(2)13-5-4-11(18)6-14(13)19/h4-6,8,10H,3,7,9H2,1-2H3,(H,20,22)/t10-/m0/s1. The zero-order valence-electron chi connectivity index (χ0n) is 14.3. The molecule has 0 spiro atoms. The largest absolute Gasteiger partial charge is 0.466 e. The van der Waals surface area contributed by atoms with Crippen molar-refractivity contribution in [2.45, 2.75) is 30.6 Å². The van der Waals surface area contributed by atoms with Crippen molar-refractivity contribution >= 4 is 35.0 Å². The third-order valence-corrected chi connectivity index (χ3v) is 5.36. The molecule has 140 valence electrons. The molecule has 2 rings (SSSR count). The highest BCUT2D eigenvalue weighted by Gasteiger charge is 2.15. The van der Waals surface area contributed by atoms with Crippen molar-refractivity contribution in [2.75, 3.05) is 12.4 Å². The van der Waals surface area contributed by atoms with Crippen LogP contribution >= 0.6 is 23.1 Å². The van der Waals surface area contributed by atoms with Gasteiger partial charge in [0.15, 0.2) is 4.34 Å². The van der Waals surface area contributed by atoms with E-state index in [0.29, 0.717) is 16.6 Å². The molecule has 1 heterocycles. The number of halogens is 2. The van der Waals surface area contributed by atoms with Crippen molar-refractivity contribution in [1.82, 2.24) is 10.3 Å². The van der Waals surface area contributed by atoms with Gasteiger partial charge in [-0.25, -0.2) is 13.8 Å². The molecule has 0 saturated carbocycles. The van der Waals surface area contributed by atoms with Crippen LogP contribution in [0.5, 0.6) is 0 Å². The molecule has 0 aliphatic carbocycles. The number of thiazole rings is 1. The van der Waals surface area contributed by atoms with Gasteiger partial charge in [-0.2, -0.15) is 0 Å². The second kappa shape index (κ2) is 9.63. The van der Waals surface area contributed by atoms with Crippen molar-refractivity contribution < 1.29 is 23.1 Å². The number of hydrogen-bond acceptors (Lipinski definition) is 6. The van der Waals surface area contributed by atoms with Gasteiger partial charge in [0, 0.05) is 17.0 Å². The van der Waals surface area contributed by atoms with Crippen molar-refractivity contribution in [1.29, 1.82) is 0 Å². The lowest BCUT2D eigenvalue weighted by molar-refractivity contribution is -0.142. The number of benzene rings is 1. The number of amides is 1. The third kappa shape index (κ3) is 6.06. The van der Waals surface area contributed by atoms with Gasteiger partial charge in [-0.3, -0.25) is 9.59 Å². The normalized spacial score (nSPS) is 11.8. The van der Waals surface area contributed by atoms with Gasteiger partial charge in [0.25, 0.3) is 0 Å². The van der Waals surface area contributed by atoms with Crippen molar-refractivity contribution in [2.24, 2.45) is 0 Å². The summed E-state index contributed by atoms with van der Waals surface area (Å²) in [5, 5.41) is 4.41. The van der Waals surface area contributed by atoms with E-state index in [1.807, 2.05) is 0 Å². The second-order valence-corrected chi connectivity index (χ2v) is 7.41. The minimum absolute atomic E-state index is 0.0952. The SMILES string of the molecule is CCOC(=O)Cc1csc(SCC(=O)N[C@@H](C)c2ccc(F)cc2F)n1. The van der Waals surface area contributed by atoms with E-state index in [-0.39, 0.29) is 29.6 Å². The number of hydrogen-bond donors (Lipinski definition) is 1. The Hall–Kier alpha value is -2.00. The van der Waals surface area contributed by atoms with Crippen LogP contribution in [0.25, 0.3) is 0 Å². The zero-order valence-corrected chi connectivity index (χ0v) is 15.9. The molecule has 0 saturated heterocycles. The van der Waals surface area contributed by atoms with Gasteiger partial charge < -0.3 is 10.1 Å². The van der Waals surface area contributed by atoms with Crippen LogP contribution in [0.1, 0.15) is 31.1 Å². The molecule has 1 aromatic heterocycles. The fourth-order valence-electron chi connectivity index (χ4n) is 2.14. The lowest BCUT2D eigenvalue weighted by atomic mass is 10.1. The number of rotatable bonds is 8. The van der Waals surface area contributed by atoms with E-state index in [9.17, 15) is 18.4 Å². The maximum atomic E-state index is 13.7. The molecule has 26 heavy (non-hydrogen) atoms. The summed E-state index contributed by atoms with van der Waals surface area (Å²) in [6.07, 6.45) is 0.0952. The minimum atomic E-state index is -0.700. The number of nitrogens with zero attached hydrogens (tertiary/aromatic N) is 1. The van der Waals surface area contributed by atoms with Gasteiger partial charge in [0.05, 0.1) is 30.5 Å². The molecule has 1 atom stereocenters. The summed E-state index contributed by atoms with van der Waals surface area (Å²) in [5.41, 5.74) is 0.814. The number of carbonyl (C=O) groups excluding carboxylic acids is 2.